The van der Waals surface area contributed by atoms with E-state index in [0.717, 1.165) is 0 Å². The maximum absolute atomic E-state index is 13.2. The van der Waals surface area contributed by atoms with Crippen LogP contribution in [-0.2, 0) is 15.9 Å². The lowest BCUT2D eigenvalue weighted by atomic mass is 9.79. The van der Waals surface area contributed by atoms with E-state index in [1.54, 1.807) is 0 Å². The number of ether oxygens (including phenoxy) is 3. The summed E-state index contributed by atoms with van der Waals surface area (Å²) in [7, 11) is -6.79. The van der Waals surface area contributed by atoms with Gasteiger partial charge >= 0.3 is 5.97 Å². The Bertz CT molecular complexity index is 1460. The fraction of sp³-hybridized carbons (Fsp3) is 0.708. The van der Waals surface area contributed by atoms with Crippen LogP contribution in [-0.4, -0.2) is 50.1 Å². The second-order valence-electron chi connectivity index (χ2n) is 7.49. The molecule has 1 saturated heterocycles. The summed E-state index contributed by atoms with van der Waals surface area (Å²) in [5.74, 6) is -9.45. The number of carbonyl (C=O) groups is 1. The van der Waals surface area contributed by atoms with Crippen LogP contribution in [0.2, 0.25) is 0 Å². The minimum absolute atomic E-state index is 0.589. The SMILES string of the molecule is [2H]c1c(OC([2H])([2H])[2H])c(OC([2H])([2H])[2H])c([2H])c2c1C1CC([2H])(OC(=O)[C@@H](N)C(C)C)C(C([2H])([2H])C([2H])(C)C([2H])([2H])[2H])CN1C([2H])([2H])C2([2H])[2H]. The lowest BCUT2D eigenvalue weighted by Crippen LogP contribution is -2.51. The molecule has 5 atom stereocenters. The first kappa shape index (κ1) is 8.62. The van der Waals surface area contributed by atoms with Crippen LogP contribution in [0.4, 0.5) is 0 Å². The fourth-order valence-corrected chi connectivity index (χ4v) is 3.32. The fourth-order valence-electron chi connectivity index (χ4n) is 3.32. The number of carbonyl (C=O) groups excluding carboxylic acids is 1. The summed E-state index contributed by atoms with van der Waals surface area (Å²) < 4.78 is 173. The van der Waals surface area contributed by atoms with Gasteiger partial charge in [-0.1, -0.05) is 27.6 Å². The van der Waals surface area contributed by atoms with E-state index >= 15 is 0 Å². The summed E-state index contributed by atoms with van der Waals surface area (Å²) in [4.78, 5) is 13.8. The van der Waals surface area contributed by atoms with Crippen molar-refractivity contribution in [1.29, 1.82) is 0 Å². The standard InChI is InChI=1S/C24H38N2O4/c1-14(2)9-17-13-26-8-7-16-10-21(28-5)22(29-6)11-18(16)19(26)12-20(17)30-24(27)23(25)15(3)4/h10-11,14-15,17,19-20,23H,7-9,12-13,25H2,1-6H3/t17?,19?,20?,23-/m0/s1/i1D3,5D3,6D3,7D2,8D2,9D2,10D,11D,14D,20D/t14?,17?,19?,20?,23-. The van der Waals surface area contributed by atoms with Crippen molar-refractivity contribution in [3.05, 3.63) is 23.2 Å². The Kier molecular flexibility index (Phi) is 2.75. The van der Waals surface area contributed by atoms with Gasteiger partial charge in [0.05, 0.1) is 26.4 Å². The highest BCUT2D eigenvalue weighted by Crippen LogP contribution is 2.44. The molecule has 0 aliphatic carbocycles. The van der Waals surface area contributed by atoms with Gasteiger partial charge in [0.1, 0.15) is 12.1 Å². The number of methoxy groups -OCH3 is 2. The third kappa shape index (κ3) is 4.75. The van der Waals surface area contributed by atoms with E-state index in [9.17, 15) is 6.17 Å². The molecular formula is C24H38N2O4. The molecule has 0 saturated carbocycles. The predicted molar refractivity (Wildman–Crippen MR) is 118 cm³/mol. The summed E-state index contributed by atoms with van der Waals surface area (Å²) >= 11 is 0. The first-order valence-electron chi connectivity index (χ1n) is 18.9. The second-order valence-corrected chi connectivity index (χ2v) is 7.49. The number of nitrogens with two attached hydrogens (primary N) is 1. The third-order valence-corrected chi connectivity index (χ3v) is 4.98. The average Bonchev–Trinajstić information content (AvgIpc) is 2.88. The van der Waals surface area contributed by atoms with Gasteiger partial charge in [0.2, 0.25) is 0 Å². The van der Waals surface area contributed by atoms with Gasteiger partial charge in [-0.25, -0.2) is 0 Å². The Morgan fingerprint density at radius 2 is 2.17 bits per heavy atom. The average molecular weight is 438 g/mol. The Labute approximate surface area is 207 Å². The summed E-state index contributed by atoms with van der Waals surface area (Å²) in [6.07, 6.45) is -10.7. The summed E-state index contributed by atoms with van der Waals surface area (Å²) in [5.41, 5.74) is 4.27. The van der Waals surface area contributed by atoms with E-state index in [2.05, 4.69) is 0 Å². The van der Waals surface area contributed by atoms with Gasteiger partial charge in [-0.05, 0) is 47.8 Å². The van der Waals surface area contributed by atoms with E-state index in [1.165, 1.54) is 13.8 Å². The topological polar surface area (TPSA) is 74.0 Å². The molecule has 30 heavy (non-hydrogen) atoms. The van der Waals surface area contributed by atoms with Gasteiger partial charge in [-0.3, -0.25) is 9.69 Å². The molecule has 6 nitrogen and oxygen atoms in total. The number of nitrogens with zero attached hydrogens (tertiary/aromatic N) is 1. The second kappa shape index (κ2) is 9.56. The van der Waals surface area contributed by atoms with E-state index < -0.39 is 130 Å². The molecular weight excluding hydrogens is 380 g/mol. The molecule has 1 aromatic rings. The Balaban J connectivity index is 2.47. The molecule has 0 radical (unpaired) electrons. The van der Waals surface area contributed by atoms with E-state index in [-0.39, 0.29) is 0 Å². The zero-order chi connectivity index (χ0) is 38.5. The lowest BCUT2D eigenvalue weighted by Gasteiger charge is -2.47. The van der Waals surface area contributed by atoms with Crippen molar-refractivity contribution in [2.45, 2.75) is 65.0 Å². The Morgan fingerprint density at radius 3 is 2.83 bits per heavy atom. The van der Waals surface area contributed by atoms with Gasteiger partial charge in [-0.15, -0.1) is 0 Å². The molecule has 4 unspecified atom stereocenters. The normalized spacial score (nSPS) is 43.7. The third-order valence-electron chi connectivity index (χ3n) is 4.98. The molecule has 0 spiro atoms. The number of esters is 1. The summed E-state index contributed by atoms with van der Waals surface area (Å²) in [5, 5.41) is 0. The quantitative estimate of drug-likeness (QED) is 0.658. The summed E-state index contributed by atoms with van der Waals surface area (Å²) in [6, 6.07) is -5.51. The predicted octanol–water partition coefficient (Wildman–Crippen LogP) is 3.56. The summed E-state index contributed by atoms with van der Waals surface area (Å²) in [6.45, 7) is -4.02. The molecule has 6 heteroatoms. The van der Waals surface area contributed by atoms with Crippen molar-refractivity contribution >= 4 is 5.97 Å². The number of fused-ring (bicyclic) bond motifs is 3. The van der Waals surface area contributed by atoms with E-state index in [1.807, 2.05) is 0 Å². The zero-order valence-electron chi connectivity index (χ0n) is 35.9. The molecule has 1 fully saturated rings. The smallest absolute Gasteiger partial charge is 0.323 e. The lowest BCUT2D eigenvalue weighted by molar-refractivity contribution is -0.160. The zero-order valence-corrected chi connectivity index (χ0v) is 16.9. The first-order chi connectivity index (χ1) is 21.6. The molecule has 168 valence electrons. The molecule has 2 aliphatic heterocycles. The maximum atomic E-state index is 13.2. The largest absolute Gasteiger partial charge is 0.493 e. The van der Waals surface area contributed by atoms with Gasteiger partial charge in [0, 0.05) is 45.1 Å². The molecule has 0 aromatic heterocycles. The first-order valence-corrected chi connectivity index (χ1v) is 9.37. The monoisotopic (exact) mass is 437 g/mol. The highest BCUT2D eigenvalue weighted by molar-refractivity contribution is 5.76. The molecule has 2 aliphatic rings. The van der Waals surface area contributed by atoms with Crippen molar-refractivity contribution in [2.75, 3.05) is 27.1 Å². The van der Waals surface area contributed by atoms with Crippen molar-refractivity contribution in [2.24, 2.45) is 23.5 Å². The van der Waals surface area contributed by atoms with E-state index in [4.69, 9.17) is 44.6 Å². The van der Waals surface area contributed by atoms with Crippen LogP contribution in [0.15, 0.2) is 12.1 Å². The minimum Gasteiger partial charge on any atom is -0.493 e. The van der Waals surface area contributed by atoms with Crippen molar-refractivity contribution in [1.82, 2.24) is 4.90 Å². The maximum Gasteiger partial charge on any atom is 0.323 e. The minimum atomic E-state index is -3.40. The van der Waals surface area contributed by atoms with Gasteiger partial charge in [0.15, 0.2) is 11.5 Å². The number of benzene rings is 1. The number of piperidine rings is 1. The van der Waals surface area contributed by atoms with Crippen molar-refractivity contribution in [3.8, 4) is 11.5 Å². The van der Waals surface area contributed by atoms with Gasteiger partial charge in [0.25, 0.3) is 0 Å². The highest BCUT2D eigenvalue weighted by Gasteiger charge is 2.41. The highest BCUT2D eigenvalue weighted by atomic mass is 16.5. The number of hydrogen-bond donors (Lipinski definition) is 1. The molecule has 0 amide bonds. The Hall–Kier alpha value is -1.79. The van der Waals surface area contributed by atoms with Gasteiger partial charge < -0.3 is 19.9 Å². The number of rotatable bonds is 7. The van der Waals surface area contributed by atoms with E-state index in [0.29, 0.717) is 11.8 Å². The number of hydrogen-bond acceptors (Lipinski definition) is 6. The molecule has 1 aromatic carbocycles. The molecule has 2 N–H and O–H groups in total. The van der Waals surface area contributed by atoms with Crippen molar-refractivity contribution in [3.63, 3.8) is 0 Å². The van der Waals surface area contributed by atoms with Crippen LogP contribution in [0, 0.1) is 17.7 Å². The van der Waals surface area contributed by atoms with Crippen LogP contribution < -0.4 is 15.2 Å². The van der Waals surface area contributed by atoms with Crippen LogP contribution >= 0.6 is 0 Å². The van der Waals surface area contributed by atoms with Crippen LogP contribution in [0.5, 0.6) is 11.5 Å². The van der Waals surface area contributed by atoms with Crippen LogP contribution in [0.3, 0.4) is 0 Å². The Morgan fingerprint density at radius 1 is 1.43 bits per heavy atom. The van der Waals surface area contributed by atoms with Crippen LogP contribution in [0.25, 0.3) is 0 Å². The van der Waals surface area contributed by atoms with Crippen LogP contribution in [0.1, 0.15) is 83.6 Å². The van der Waals surface area contributed by atoms with Crippen molar-refractivity contribution < 1.29 is 45.0 Å². The molecule has 3 rings (SSSR count). The molecule has 2 heterocycles. The van der Waals surface area contributed by atoms with Gasteiger partial charge in [-0.2, -0.15) is 0 Å². The molecule has 0 bridgehead atoms.